The number of carbonyl (C=O) groups excluding carboxylic acids is 1. The van der Waals surface area contributed by atoms with Gasteiger partial charge in [-0.3, -0.25) is 19.5 Å². The van der Waals surface area contributed by atoms with E-state index >= 15 is 0 Å². The summed E-state index contributed by atoms with van der Waals surface area (Å²) in [6.07, 6.45) is 6.03. The highest BCUT2D eigenvalue weighted by Gasteiger charge is 2.41. The van der Waals surface area contributed by atoms with E-state index in [1.54, 1.807) is 0 Å². The largest absolute Gasteiger partial charge is 0.376 e. The first-order chi connectivity index (χ1) is 20.7. The molecule has 1 amide bonds. The summed E-state index contributed by atoms with van der Waals surface area (Å²) in [5.74, 6) is 0.964. The number of aromatic amines is 1. The molecule has 11 heteroatoms. The molecule has 2 atom stereocenters. The molecule has 0 unspecified atom stereocenters. The Balaban J connectivity index is 1.41. The van der Waals surface area contributed by atoms with Gasteiger partial charge in [0.05, 0.1) is 54.2 Å². The molecule has 0 radical (unpaired) electrons. The van der Waals surface area contributed by atoms with E-state index in [-0.39, 0.29) is 23.6 Å². The Morgan fingerprint density at radius 2 is 2.00 bits per heavy atom. The van der Waals surface area contributed by atoms with Crippen LogP contribution >= 0.6 is 11.6 Å². The molecule has 43 heavy (non-hydrogen) atoms. The first-order valence-electron chi connectivity index (χ1n) is 15.6. The van der Waals surface area contributed by atoms with E-state index in [4.69, 9.17) is 26.2 Å². The predicted octanol–water partition coefficient (Wildman–Crippen LogP) is 4.75. The van der Waals surface area contributed by atoms with Gasteiger partial charge in [-0.1, -0.05) is 25.1 Å². The lowest BCUT2D eigenvalue weighted by atomic mass is 9.91. The summed E-state index contributed by atoms with van der Waals surface area (Å²) in [4.78, 5) is 19.2. The third-order valence-electron chi connectivity index (χ3n) is 9.76. The minimum absolute atomic E-state index is 0.00678. The van der Waals surface area contributed by atoms with E-state index in [0.717, 1.165) is 89.6 Å². The van der Waals surface area contributed by atoms with E-state index in [1.165, 1.54) is 6.08 Å². The van der Waals surface area contributed by atoms with E-state index in [9.17, 15) is 4.79 Å². The number of benzene rings is 1. The fraction of sp³-hybridized carbons (Fsp3) is 0.594. The number of nitrogens with one attached hydrogen (secondary N) is 1. The van der Waals surface area contributed by atoms with E-state index in [0.29, 0.717) is 32.9 Å². The molecule has 0 bridgehead atoms. The second-order valence-corrected chi connectivity index (χ2v) is 12.9. The number of ether oxygens (including phenoxy) is 2. The van der Waals surface area contributed by atoms with Crippen LogP contribution in [-0.2, 0) is 14.3 Å². The summed E-state index contributed by atoms with van der Waals surface area (Å²) in [5.41, 5.74) is 4.95. The Labute approximate surface area is 258 Å². The second-order valence-electron chi connectivity index (χ2n) is 12.5. The van der Waals surface area contributed by atoms with Gasteiger partial charge in [0.25, 0.3) is 0 Å². The highest BCUT2D eigenvalue weighted by Crippen LogP contribution is 2.46. The number of aromatic nitrogens is 4. The number of aryl methyl sites for hydroxylation is 1. The van der Waals surface area contributed by atoms with Gasteiger partial charge >= 0.3 is 0 Å². The Morgan fingerprint density at radius 3 is 2.70 bits per heavy atom. The molecule has 3 fully saturated rings. The van der Waals surface area contributed by atoms with Crippen molar-refractivity contribution >= 4 is 34.2 Å². The van der Waals surface area contributed by atoms with Crippen molar-refractivity contribution in [2.45, 2.75) is 64.6 Å². The van der Waals surface area contributed by atoms with Crippen LogP contribution in [0.3, 0.4) is 0 Å². The standard InChI is InChI=1S/C32H44ClN7O3/c1-6-27(41)38-10-8-23(9-11-38)40-22(4)28(29-25-17-34-35-26(25)16-21(3)30(29)33)31(36-40)39-13-12-37(20-32(39,5)7-2)18-24-19-42-14-15-43-24/h6,16-17,23-24H,1,7-15,18-20H2,2-5H3,(H,34,35)/t24-,32+/m1/s1. The van der Waals surface area contributed by atoms with Crippen molar-refractivity contribution in [1.29, 1.82) is 0 Å². The second kappa shape index (κ2) is 12.2. The molecule has 1 N–H and O–H groups in total. The van der Waals surface area contributed by atoms with Crippen molar-refractivity contribution in [2.75, 3.05) is 64.0 Å². The Bertz CT molecular complexity index is 1490. The molecule has 2 aromatic heterocycles. The van der Waals surface area contributed by atoms with Gasteiger partial charge in [0.15, 0.2) is 5.82 Å². The predicted molar refractivity (Wildman–Crippen MR) is 170 cm³/mol. The van der Waals surface area contributed by atoms with Crippen LogP contribution < -0.4 is 4.90 Å². The fourth-order valence-electron chi connectivity index (χ4n) is 7.15. The minimum atomic E-state index is -0.153. The third-order valence-corrected chi connectivity index (χ3v) is 10.2. The molecule has 3 saturated heterocycles. The summed E-state index contributed by atoms with van der Waals surface area (Å²) in [7, 11) is 0. The van der Waals surface area contributed by atoms with Crippen molar-refractivity contribution in [3.63, 3.8) is 0 Å². The fourth-order valence-corrected chi connectivity index (χ4v) is 7.40. The van der Waals surface area contributed by atoms with Crippen LogP contribution in [0, 0.1) is 13.8 Å². The molecule has 3 aliphatic rings. The van der Waals surface area contributed by atoms with Crippen LogP contribution in [-0.4, -0.2) is 106 Å². The van der Waals surface area contributed by atoms with Gasteiger partial charge < -0.3 is 19.3 Å². The molecule has 0 spiro atoms. The number of piperidine rings is 1. The zero-order valence-corrected chi connectivity index (χ0v) is 26.6. The lowest BCUT2D eigenvalue weighted by Crippen LogP contribution is -2.62. The number of hydrogen-bond donors (Lipinski definition) is 1. The number of nitrogens with zero attached hydrogens (tertiary/aromatic N) is 6. The number of carbonyl (C=O) groups is 1. The number of fused-ring (bicyclic) bond motifs is 1. The molecule has 6 rings (SSSR count). The molecule has 0 aliphatic carbocycles. The molecule has 232 valence electrons. The number of H-pyrrole nitrogens is 1. The first-order valence-corrected chi connectivity index (χ1v) is 15.9. The van der Waals surface area contributed by atoms with Crippen molar-refractivity contribution < 1.29 is 14.3 Å². The van der Waals surface area contributed by atoms with Gasteiger partial charge in [0.1, 0.15) is 0 Å². The monoisotopic (exact) mass is 609 g/mol. The van der Waals surface area contributed by atoms with Gasteiger partial charge in [-0.25, -0.2) is 0 Å². The number of likely N-dealkylation sites (tertiary alicyclic amines) is 1. The van der Waals surface area contributed by atoms with Gasteiger partial charge in [-0.15, -0.1) is 0 Å². The average Bonchev–Trinajstić information content (AvgIpc) is 3.62. The van der Waals surface area contributed by atoms with Crippen LogP contribution in [0.4, 0.5) is 5.82 Å². The van der Waals surface area contributed by atoms with Crippen LogP contribution in [0.25, 0.3) is 22.0 Å². The van der Waals surface area contributed by atoms with E-state index in [1.807, 2.05) is 18.0 Å². The zero-order chi connectivity index (χ0) is 30.3. The molecule has 1 aromatic carbocycles. The molecular weight excluding hydrogens is 566 g/mol. The summed E-state index contributed by atoms with van der Waals surface area (Å²) in [5, 5.41) is 14.7. The maximum atomic E-state index is 12.3. The van der Waals surface area contributed by atoms with Crippen LogP contribution in [0.1, 0.15) is 50.4 Å². The Hall–Kier alpha value is -2.92. The van der Waals surface area contributed by atoms with Gasteiger partial charge in [-0.05, 0) is 57.7 Å². The van der Waals surface area contributed by atoms with Crippen molar-refractivity contribution in [1.82, 2.24) is 29.8 Å². The normalized spacial score (nSPS) is 24.2. The van der Waals surface area contributed by atoms with Crippen molar-refractivity contribution in [3.05, 3.63) is 41.2 Å². The molecule has 3 aliphatic heterocycles. The number of piperazine rings is 1. The van der Waals surface area contributed by atoms with Crippen molar-refractivity contribution in [2.24, 2.45) is 0 Å². The Morgan fingerprint density at radius 1 is 1.21 bits per heavy atom. The quantitative estimate of drug-likeness (QED) is 0.387. The maximum Gasteiger partial charge on any atom is 0.245 e. The maximum absolute atomic E-state index is 12.3. The zero-order valence-electron chi connectivity index (χ0n) is 25.9. The highest BCUT2D eigenvalue weighted by molar-refractivity contribution is 6.36. The van der Waals surface area contributed by atoms with Crippen LogP contribution in [0.15, 0.2) is 24.9 Å². The lowest BCUT2D eigenvalue weighted by molar-refractivity contribution is -0.127. The number of halogens is 1. The molecule has 3 aromatic rings. The lowest BCUT2D eigenvalue weighted by Gasteiger charge is -2.50. The van der Waals surface area contributed by atoms with Crippen molar-refractivity contribution in [3.8, 4) is 11.1 Å². The van der Waals surface area contributed by atoms with Gasteiger partial charge in [0.2, 0.25) is 5.91 Å². The summed E-state index contributed by atoms with van der Waals surface area (Å²) >= 11 is 7.16. The first kappa shape index (κ1) is 30.1. The number of amides is 1. The topological polar surface area (TPSA) is 91.8 Å². The van der Waals surface area contributed by atoms with Gasteiger partial charge in [-0.2, -0.15) is 10.2 Å². The number of hydrogen-bond acceptors (Lipinski definition) is 7. The SMILES string of the molecule is C=CC(=O)N1CCC(n2nc(N3CCN(C[C@@H]4COCCO4)C[C@]3(C)CC)c(-c3c(Cl)c(C)cc4[nH]ncc34)c2C)CC1. The van der Waals surface area contributed by atoms with Crippen LogP contribution in [0.5, 0.6) is 0 Å². The highest BCUT2D eigenvalue weighted by atomic mass is 35.5. The molecule has 0 saturated carbocycles. The van der Waals surface area contributed by atoms with E-state index in [2.05, 4.69) is 58.1 Å². The van der Waals surface area contributed by atoms with Gasteiger partial charge in [0, 0.05) is 61.5 Å². The summed E-state index contributed by atoms with van der Waals surface area (Å²) in [6.45, 7) is 19.4. The number of rotatable bonds is 7. The average molecular weight is 610 g/mol. The molecule has 10 nitrogen and oxygen atoms in total. The molecular formula is C32H44ClN7O3. The smallest absolute Gasteiger partial charge is 0.245 e. The van der Waals surface area contributed by atoms with E-state index < -0.39 is 0 Å². The summed E-state index contributed by atoms with van der Waals surface area (Å²) in [6, 6.07) is 2.24. The molecule has 5 heterocycles. The minimum Gasteiger partial charge on any atom is -0.376 e. The number of anilines is 1. The van der Waals surface area contributed by atoms with Crippen LogP contribution in [0.2, 0.25) is 5.02 Å². The third kappa shape index (κ3) is 5.59. The Kier molecular flexibility index (Phi) is 8.56. The summed E-state index contributed by atoms with van der Waals surface area (Å²) < 4.78 is 13.9.